The molecule has 3 rings (SSSR count). The van der Waals surface area contributed by atoms with Crippen molar-refractivity contribution in [3.8, 4) is 5.69 Å². The van der Waals surface area contributed by atoms with Crippen LogP contribution < -0.4 is 10.0 Å². The number of anilines is 1. The van der Waals surface area contributed by atoms with Crippen LogP contribution in [0.5, 0.6) is 0 Å². The molecule has 2 aromatic carbocycles. The van der Waals surface area contributed by atoms with E-state index in [-0.39, 0.29) is 21.8 Å². The summed E-state index contributed by atoms with van der Waals surface area (Å²) in [6.07, 6.45) is -1.77. The van der Waals surface area contributed by atoms with Gasteiger partial charge in [-0.15, -0.1) is 0 Å². The fourth-order valence-corrected chi connectivity index (χ4v) is 3.60. The molecule has 7 nitrogen and oxygen atoms in total. The topological polar surface area (TPSA) is 93.1 Å². The number of halogens is 3. The third-order valence-corrected chi connectivity index (χ3v) is 5.35. The summed E-state index contributed by atoms with van der Waals surface area (Å²) in [5, 5.41) is 6.34. The zero-order chi connectivity index (χ0) is 21.2. The number of carbonyl (C=O) groups excluding carboxylic acids is 1. The van der Waals surface area contributed by atoms with E-state index in [1.807, 2.05) is 0 Å². The number of hydrogen-bond donors (Lipinski definition) is 2. The van der Waals surface area contributed by atoms with E-state index < -0.39 is 27.7 Å². The molecule has 0 unspecified atom stereocenters. The van der Waals surface area contributed by atoms with Crippen LogP contribution in [0.1, 0.15) is 15.9 Å². The largest absolute Gasteiger partial charge is 0.416 e. The van der Waals surface area contributed by atoms with Crippen molar-refractivity contribution in [3.63, 3.8) is 0 Å². The minimum atomic E-state index is -4.65. The van der Waals surface area contributed by atoms with Gasteiger partial charge in [0.2, 0.25) is 0 Å². The highest BCUT2D eigenvalue weighted by molar-refractivity contribution is 7.92. The molecule has 0 radical (unpaired) electrons. The first kappa shape index (κ1) is 20.4. The van der Waals surface area contributed by atoms with Gasteiger partial charge in [-0.3, -0.25) is 9.52 Å². The molecule has 0 fully saturated rings. The molecule has 0 spiro atoms. The standard InChI is InChI=1S/C18H15F3N4O3S/c1-22-17(26)12-3-6-14(7-4-12)29(27,28)24-15-11-13(18(19,20)21)5-8-16(15)25-10-2-9-23-25/h2-11,24H,1H3,(H,22,26). The predicted octanol–water partition coefficient (Wildman–Crippen LogP) is 3.05. The lowest BCUT2D eigenvalue weighted by molar-refractivity contribution is -0.137. The summed E-state index contributed by atoms with van der Waals surface area (Å²) in [5.74, 6) is -0.402. The fraction of sp³-hybridized carbons (Fsp3) is 0.111. The van der Waals surface area contributed by atoms with E-state index in [0.717, 1.165) is 12.1 Å². The van der Waals surface area contributed by atoms with Crippen LogP contribution in [0.2, 0.25) is 0 Å². The summed E-state index contributed by atoms with van der Waals surface area (Å²) in [4.78, 5) is 11.4. The molecule has 0 saturated carbocycles. The lowest BCUT2D eigenvalue weighted by atomic mass is 10.1. The van der Waals surface area contributed by atoms with Crippen molar-refractivity contribution in [2.75, 3.05) is 11.8 Å². The molecule has 1 heterocycles. The molecule has 11 heteroatoms. The Morgan fingerprint density at radius 2 is 1.79 bits per heavy atom. The van der Waals surface area contributed by atoms with Crippen molar-refractivity contribution in [2.45, 2.75) is 11.1 Å². The Morgan fingerprint density at radius 3 is 2.34 bits per heavy atom. The molecule has 0 saturated heterocycles. The molecule has 1 amide bonds. The molecule has 1 aromatic heterocycles. The second-order valence-electron chi connectivity index (χ2n) is 5.89. The van der Waals surface area contributed by atoms with Crippen molar-refractivity contribution in [2.24, 2.45) is 0 Å². The van der Waals surface area contributed by atoms with Crippen molar-refractivity contribution in [3.05, 3.63) is 72.1 Å². The monoisotopic (exact) mass is 424 g/mol. The number of hydrogen-bond acceptors (Lipinski definition) is 4. The number of rotatable bonds is 5. The SMILES string of the molecule is CNC(=O)c1ccc(S(=O)(=O)Nc2cc(C(F)(F)F)ccc2-n2cccn2)cc1. The second kappa shape index (κ2) is 7.59. The Morgan fingerprint density at radius 1 is 1.10 bits per heavy atom. The number of nitrogens with zero attached hydrogens (tertiary/aromatic N) is 2. The van der Waals surface area contributed by atoms with Gasteiger partial charge in [0.05, 0.1) is 21.8 Å². The van der Waals surface area contributed by atoms with Crippen LogP contribution in [-0.4, -0.2) is 31.2 Å². The van der Waals surface area contributed by atoms with Gasteiger partial charge >= 0.3 is 6.18 Å². The summed E-state index contributed by atoms with van der Waals surface area (Å²) < 4.78 is 68.2. The Labute approximate surface area is 164 Å². The lowest BCUT2D eigenvalue weighted by Gasteiger charge is -2.16. The normalized spacial score (nSPS) is 11.9. The first-order valence-corrected chi connectivity index (χ1v) is 9.66. The lowest BCUT2D eigenvalue weighted by Crippen LogP contribution is -2.19. The summed E-state index contributed by atoms with van der Waals surface area (Å²) in [5.41, 5.74) is -0.948. The molecule has 29 heavy (non-hydrogen) atoms. The molecule has 2 N–H and O–H groups in total. The summed E-state index contributed by atoms with van der Waals surface area (Å²) >= 11 is 0. The van der Waals surface area contributed by atoms with Crippen LogP contribution in [-0.2, 0) is 16.2 Å². The second-order valence-corrected chi connectivity index (χ2v) is 7.57. The zero-order valence-corrected chi connectivity index (χ0v) is 15.8. The predicted molar refractivity (Wildman–Crippen MR) is 99.2 cm³/mol. The number of sulfonamides is 1. The van der Waals surface area contributed by atoms with Gasteiger partial charge < -0.3 is 5.32 Å². The number of aromatic nitrogens is 2. The van der Waals surface area contributed by atoms with Crippen LogP contribution in [0.15, 0.2) is 65.8 Å². The van der Waals surface area contributed by atoms with E-state index in [2.05, 4.69) is 15.1 Å². The molecular formula is C18H15F3N4O3S. The van der Waals surface area contributed by atoms with E-state index in [1.54, 1.807) is 6.07 Å². The van der Waals surface area contributed by atoms with Crippen LogP contribution in [0.25, 0.3) is 5.69 Å². The number of nitrogens with one attached hydrogen (secondary N) is 2. The summed E-state index contributed by atoms with van der Waals surface area (Å²) in [7, 11) is -2.80. The smallest absolute Gasteiger partial charge is 0.355 e. The first-order chi connectivity index (χ1) is 13.6. The van der Waals surface area contributed by atoms with Crippen LogP contribution in [0.3, 0.4) is 0 Å². The fourth-order valence-electron chi connectivity index (χ4n) is 2.54. The van der Waals surface area contributed by atoms with Crippen molar-refractivity contribution < 1.29 is 26.4 Å². The van der Waals surface area contributed by atoms with Gasteiger partial charge in [0.1, 0.15) is 0 Å². The molecule has 152 valence electrons. The van der Waals surface area contributed by atoms with Gasteiger partial charge in [-0.1, -0.05) is 0 Å². The number of carbonyl (C=O) groups is 1. The number of alkyl halides is 3. The van der Waals surface area contributed by atoms with Crippen molar-refractivity contribution in [1.82, 2.24) is 15.1 Å². The summed E-state index contributed by atoms with van der Waals surface area (Å²) in [6.45, 7) is 0. The van der Waals surface area contributed by atoms with Gasteiger partial charge in [-0.25, -0.2) is 13.1 Å². The van der Waals surface area contributed by atoms with E-state index in [9.17, 15) is 26.4 Å². The maximum Gasteiger partial charge on any atom is 0.416 e. The first-order valence-electron chi connectivity index (χ1n) is 8.18. The van der Waals surface area contributed by atoms with E-state index in [1.165, 1.54) is 48.4 Å². The Bertz CT molecular complexity index is 1130. The molecular weight excluding hydrogens is 409 g/mol. The molecule has 0 aliphatic rings. The van der Waals surface area contributed by atoms with Gasteiger partial charge in [0.15, 0.2) is 0 Å². The highest BCUT2D eigenvalue weighted by Crippen LogP contribution is 2.34. The van der Waals surface area contributed by atoms with Crippen LogP contribution >= 0.6 is 0 Å². The Balaban J connectivity index is 2.02. The van der Waals surface area contributed by atoms with Gasteiger partial charge in [0.25, 0.3) is 15.9 Å². The molecule has 0 bridgehead atoms. The molecule has 0 atom stereocenters. The summed E-state index contributed by atoms with van der Waals surface area (Å²) in [6, 6.07) is 9.19. The molecule has 3 aromatic rings. The third kappa shape index (κ3) is 4.40. The van der Waals surface area contributed by atoms with Crippen LogP contribution in [0, 0.1) is 0 Å². The average Bonchev–Trinajstić information content (AvgIpc) is 3.21. The van der Waals surface area contributed by atoms with Crippen molar-refractivity contribution >= 4 is 21.6 Å². The Hall–Kier alpha value is -3.34. The van der Waals surface area contributed by atoms with Crippen molar-refractivity contribution in [1.29, 1.82) is 0 Å². The highest BCUT2D eigenvalue weighted by Gasteiger charge is 2.32. The van der Waals surface area contributed by atoms with E-state index in [0.29, 0.717) is 6.07 Å². The van der Waals surface area contributed by atoms with Crippen LogP contribution in [0.4, 0.5) is 18.9 Å². The maximum absolute atomic E-state index is 13.1. The minimum Gasteiger partial charge on any atom is -0.355 e. The zero-order valence-electron chi connectivity index (χ0n) is 14.9. The van der Waals surface area contributed by atoms with Gasteiger partial charge in [-0.05, 0) is 48.5 Å². The third-order valence-electron chi connectivity index (χ3n) is 3.97. The number of benzene rings is 2. The van der Waals surface area contributed by atoms with Gasteiger partial charge in [0, 0.05) is 25.0 Å². The minimum absolute atomic E-state index is 0.119. The highest BCUT2D eigenvalue weighted by atomic mass is 32.2. The molecule has 0 aliphatic carbocycles. The van der Waals surface area contributed by atoms with Gasteiger partial charge in [-0.2, -0.15) is 18.3 Å². The van der Waals surface area contributed by atoms with E-state index in [4.69, 9.17) is 0 Å². The average molecular weight is 424 g/mol. The molecule has 0 aliphatic heterocycles. The maximum atomic E-state index is 13.1. The Kier molecular flexibility index (Phi) is 5.33. The quantitative estimate of drug-likeness (QED) is 0.659. The van der Waals surface area contributed by atoms with E-state index >= 15 is 0 Å². The number of amides is 1.